The zero-order chi connectivity index (χ0) is 30.0. The summed E-state index contributed by atoms with van der Waals surface area (Å²) < 4.78 is 5.37. The summed E-state index contributed by atoms with van der Waals surface area (Å²) in [5.74, 6) is -0.779. The molecule has 5 aromatic rings. The number of amides is 3. The molecule has 0 saturated heterocycles. The van der Waals surface area contributed by atoms with Gasteiger partial charge in [-0.2, -0.15) is 0 Å². The van der Waals surface area contributed by atoms with Crippen LogP contribution in [0.15, 0.2) is 143 Å². The van der Waals surface area contributed by atoms with Crippen LogP contribution in [0, 0.1) is 0 Å². The Bertz CT molecular complexity index is 1730. The second kappa shape index (κ2) is 14.2. The predicted molar refractivity (Wildman–Crippen MR) is 171 cm³/mol. The molecule has 0 aliphatic rings. The van der Waals surface area contributed by atoms with Gasteiger partial charge in [-0.3, -0.25) is 14.4 Å². The van der Waals surface area contributed by atoms with E-state index in [9.17, 15) is 14.4 Å². The van der Waals surface area contributed by atoms with Crippen LogP contribution in [0.3, 0.4) is 0 Å². The maximum absolute atomic E-state index is 13.4. The van der Waals surface area contributed by atoms with Crippen molar-refractivity contribution in [2.24, 2.45) is 0 Å². The van der Waals surface area contributed by atoms with Crippen molar-refractivity contribution < 1.29 is 18.8 Å². The van der Waals surface area contributed by atoms with E-state index in [1.54, 1.807) is 84.9 Å². The fourth-order valence-corrected chi connectivity index (χ4v) is 5.29. The first kappa shape index (κ1) is 29.4. The number of rotatable bonds is 10. The minimum Gasteiger partial charge on any atom is -0.465 e. The minimum absolute atomic E-state index is 0.00589. The molecule has 0 saturated carbocycles. The molecule has 1 aromatic heterocycles. The van der Waals surface area contributed by atoms with Gasteiger partial charge in [0.15, 0.2) is 0 Å². The molecule has 0 aliphatic carbocycles. The van der Waals surface area contributed by atoms with E-state index in [0.717, 1.165) is 10.5 Å². The van der Waals surface area contributed by atoms with E-state index < -0.39 is 17.1 Å². The fourth-order valence-electron chi connectivity index (χ4n) is 4.08. The number of hydrogen-bond donors (Lipinski definition) is 3. The molecule has 43 heavy (non-hydrogen) atoms. The van der Waals surface area contributed by atoms with Gasteiger partial charge in [0.2, 0.25) is 5.91 Å². The highest BCUT2D eigenvalue weighted by atomic mass is 35.5. The highest BCUT2D eigenvalue weighted by molar-refractivity contribution is 8.00. The average Bonchev–Trinajstić information content (AvgIpc) is 3.55. The SMILES string of the molecule is O=C(Nc1cccc(SC(C(=O)Nc2ccc(Cl)cc2)c2ccccc2)c1)/C(=C/c1ccco1)NC(=O)c1ccccc1. The number of furan rings is 1. The first-order valence-corrected chi connectivity index (χ1v) is 14.5. The van der Waals surface area contributed by atoms with E-state index in [0.29, 0.717) is 27.7 Å². The molecule has 0 spiro atoms. The second-order valence-electron chi connectivity index (χ2n) is 9.28. The average molecular weight is 608 g/mol. The Morgan fingerprint density at radius 1 is 0.744 bits per heavy atom. The highest BCUT2D eigenvalue weighted by Crippen LogP contribution is 2.37. The lowest BCUT2D eigenvalue weighted by atomic mass is 10.1. The van der Waals surface area contributed by atoms with E-state index in [1.807, 2.05) is 36.4 Å². The number of thioether (sulfide) groups is 1. The summed E-state index contributed by atoms with van der Waals surface area (Å²) in [7, 11) is 0. The van der Waals surface area contributed by atoms with Gasteiger partial charge in [-0.1, -0.05) is 66.2 Å². The van der Waals surface area contributed by atoms with Crippen molar-refractivity contribution in [3.63, 3.8) is 0 Å². The van der Waals surface area contributed by atoms with Crippen LogP contribution in [-0.4, -0.2) is 17.7 Å². The number of carbonyl (C=O) groups is 3. The maximum atomic E-state index is 13.4. The summed E-state index contributed by atoms with van der Waals surface area (Å²) in [5.41, 5.74) is 2.35. The third-order valence-corrected chi connectivity index (χ3v) is 7.66. The van der Waals surface area contributed by atoms with Crippen LogP contribution in [0.4, 0.5) is 11.4 Å². The molecule has 1 heterocycles. The van der Waals surface area contributed by atoms with Crippen LogP contribution in [0.1, 0.15) is 26.9 Å². The molecule has 0 fully saturated rings. The van der Waals surface area contributed by atoms with E-state index in [2.05, 4.69) is 16.0 Å². The molecule has 0 aliphatic heterocycles. The van der Waals surface area contributed by atoms with Gasteiger partial charge >= 0.3 is 0 Å². The number of halogens is 1. The quantitative estimate of drug-likeness (QED) is 0.111. The number of anilines is 2. The maximum Gasteiger partial charge on any atom is 0.272 e. The molecule has 1 atom stereocenters. The van der Waals surface area contributed by atoms with Crippen molar-refractivity contribution in [1.29, 1.82) is 0 Å². The Hall–Kier alpha value is -5.05. The number of hydrogen-bond acceptors (Lipinski definition) is 5. The van der Waals surface area contributed by atoms with Gasteiger partial charge in [0.05, 0.1) is 6.26 Å². The Morgan fingerprint density at radius 2 is 1.47 bits per heavy atom. The first-order chi connectivity index (χ1) is 20.9. The van der Waals surface area contributed by atoms with Crippen molar-refractivity contribution in [3.05, 3.63) is 155 Å². The Kier molecular flexibility index (Phi) is 9.74. The Balaban J connectivity index is 1.35. The molecule has 5 rings (SSSR count). The van der Waals surface area contributed by atoms with Crippen LogP contribution < -0.4 is 16.0 Å². The summed E-state index contributed by atoms with van der Waals surface area (Å²) in [4.78, 5) is 40.4. The normalized spacial score (nSPS) is 11.8. The Morgan fingerprint density at radius 3 is 2.16 bits per heavy atom. The molecule has 1 unspecified atom stereocenters. The lowest BCUT2D eigenvalue weighted by molar-refractivity contribution is -0.116. The standard InChI is InChI=1S/C34H26ClN3O4S/c35-25-16-18-26(19-17-25)36-34(41)31(23-9-3-1-4-10-23)43-29-15-7-13-27(21-29)37-33(40)30(22-28-14-8-20-42-28)38-32(39)24-11-5-2-6-12-24/h1-22,31H,(H,36,41)(H,37,40)(H,38,39)/b30-22-. The predicted octanol–water partition coefficient (Wildman–Crippen LogP) is 7.81. The fraction of sp³-hybridized carbons (Fsp3) is 0.0294. The molecule has 214 valence electrons. The van der Waals surface area contributed by atoms with Gasteiger partial charge in [0.25, 0.3) is 11.8 Å². The first-order valence-electron chi connectivity index (χ1n) is 13.3. The second-order valence-corrected chi connectivity index (χ2v) is 10.9. The van der Waals surface area contributed by atoms with Crippen molar-refractivity contribution in [2.45, 2.75) is 10.1 Å². The summed E-state index contributed by atoms with van der Waals surface area (Å²) in [6.45, 7) is 0. The molecule has 0 bridgehead atoms. The summed E-state index contributed by atoms with van der Waals surface area (Å²) >= 11 is 7.34. The molecular weight excluding hydrogens is 582 g/mol. The van der Waals surface area contributed by atoms with Gasteiger partial charge in [-0.15, -0.1) is 11.8 Å². The third-order valence-electron chi connectivity index (χ3n) is 6.16. The van der Waals surface area contributed by atoms with Gasteiger partial charge in [0, 0.05) is 32.9 Å². The van der Waals surface area contributed by atoms with Gasteiger partial charge in [0.1, 0.15) is 16.7 Å². The lowest BCUT2D eigenvalue weighted by Gasteiger charge is -2.18. The van der Waals surface area contributed by atoms with Crippen LogP contribution >= 0.6 is 23.4 Å². The minimum atomic E-state index is -0.581. The molecule has 7 nitrogen and oxygen atoms in total. The van der Waals surface area contributed by atoms with Gasteiger partial charge in [-0.25, -0.2) is 0 Å². The topological polar surface area (TPSA) is 100 Å². The van der Waals surface area contributed by atoms with Crippen LogP contribution in [0.25, 0.3) is 6.08 Å². The van der Waals surface area contributed by atoms with Crippen molar-refractivity contribution in [3.8, 4) is 0 Å². The molecule has 0 radical (unpaired) electrons. The van der Waals surface area contributed by atoms with Crippen molar-refractivity contribution in [1.82, 2.24) is 5.32 Å². The molecule has 3 N–H and O–H groups in total. The third kappa shape index (κ3) is 8.25. The Labute approximate surface area is 258 Å². The van der Waals surface area contributed by atoms with Crippen LogP contribution in [0.5, 0.6) is 0 Å². The summed E-state index contributed by atoms with van der Waals surface area (Å²) in [5, 5.41) is 8.49. The van der Waals surface area contributed by atoms with Gasteiger partial charge in [-0.05, 0) is 72.3 Å². The summed E-state index contributed by atoms with van der Waals surface area (Å²) in [6, 6.07) is 35.5. The lowest BCUT2D eigenvalue weighted by Crippen LogP contribution is -2.30. The van der Waals surface area contributed by atoms with Gasteiger partial charge < -0.3 is 20.4 Å². The van der Waals surface area contributed by atoms with E-state index >= 15 is 0 Å². The molecule has 9 heteroatoms. The highest BCUT2D eigenvalue weighted by Gasteiger charge is 2.23. The zero-order valence-corrected chi connectivity index (χ0v) is 24.3. The monoisotopic (exact) mass is 607 g/mol. The molecule has 4 aromatic carbocycles. The van der Waals surface area contributed by atoms with E-state index in [-0.39, 0.29) is 11.6 Å². The smallest absolute Gasteiger partial charge is 0.272 e. The van der Waals surface area contributed by atoms with Crippen molar-refractivity contribution >= 4 is 58.5 Å². The molecular formula is C34H26ClN3O4S. The summed E-state index contributed by atoms with van der Waals surface area (Å²) in [6.07, 6.45) is 2.94. The van der Waals surface area contributed by atoms with E-state index in [4.69, 9.17) is 16.0 Å². The number of carbonyl (C=O) groups excluding carboxylic acids is 3. The number of nitrogens with one attached hydrogen (secondary N) is 3. The van der Waals surface area contributed by atoms with E-state index in [1.165, 1.54) is 24.1 Å². The van der Waals surface area contributed by atoms with Crippen LogP contribution in [0.2, 0.25) is 5.02 Å². The van der Waals surface area contributed by atoms with Crippen molar-refractivity contribution in [2.75, 3.05) is 10.6 Å². The zero-order valence-electron chi connectivity index (χ0n) is 22.7. The molecule has 3 amide bonds. The largest absolute Gasteiger partial charge is 0.465 e. The van der Waals surface area contributed by atoms with Crippen LogP contribution in [-0.2, 0) is 9.59 Å². The number of benzene rings is 4.